The highest BCUT2D eigenvalue weighted by atomic mass is 19.1. The Morgan fingerprint density at radius 2 is 1.76 bits per heavy atom. The molecule has 9 heteroatoms. The molecule has 2 N–H and O–H groups in total. The molecule has 164 valence electrons. The van der Waals surface area contributed by atoms with Gasteiger partial charge in [0.25, 0.3) is 0 Å². The monoisotopic (exact) mass is 442 g/mol. The fourth-order valence-electron chi connectivity index (χ4n) is 3.34. The van der Waals surface area contributed by atoms with Gasteiger partial charge in [-0.1, -0.05) is 18.2 Å². The lowest BCUT2D eigenvalue weighted by molar-refractivity contribution is -0.121. The van der Waals surface area contributed by atoms with E-state index in [0.717, 1.165) is 16.5 Å². The summed E-state index contributed by atoms with van der Waals surface area (Å²) in [5, 5.41) is 19.9. The molecule has 0 bridgehead atoms. The highest BCUT2D eigenvalue weighted by Gasteiger charge is 2.17. The van der Waals surface area contributed by atoms with Crippen molar-refractivity contribution in [2.24, 2.45) is 0 Å². The number of hydrogen-bond acceptors (Lipinski definition) is 5. The number of carbonyl (C=O) groups is 2. The minimum absolute atomic E-state index is 0.0907. The maximum Gasteiger partial charge on any atom is 0.226 e. The number of aryl methyl sites for hydroxylation is 1. The van der Waals surface area contributed by atoms with Crippen molar-refractivity contribution in [2.75, 3.05) is 10.6 Å². The van der Waals surface area contributed by atoms with E-state index in [9.17, 15) is 19.2 Å². The van der Waals surface area contributed by atoms with E-state index in [0.29, 0.717) is 11.5 Å². The second-order valence-electron chi connectivity index (χ2n) is 7.35. The number of fused-ring (bicyclic) bond motifs is 1. The molecule has 0 spiro atoms. The number of halogens is 1. The molecule has 8 nitrogen and oxygen atoms in total. The van der Waals surface area contributed by atoms with Crippen LogP contribution in [0.3, 0.4) is 0 Å². The number of aromatic nitrogens is 3. The Morgan fingerprint density at radius 3 is 2.48 bits per heavy atom. The second kappa shape index (κ2) is 9.28. The van der Waals surface area contributed by atoms with Gasteiger partial charge >= 0.3 is 0 Å². The fourth-order valence-corrected chi connectivity index (χ4v) is 3.34. The number of pyridine rings is 1. The predicted octanol–water partition coefficient (Wildman–Crippen LogP) is 4.10. The zero-order chi connectivity index (χ0) is 23.4. The van der Waals surface area contributed by atoms with Crippen molar-refractivity contribution < 1.29 is 14.0 Å². The van der Waals surface area contributed by atoms with Crippen molar-refractivity contribution in [1.29, 1.82) is 5.26 Å². The molecule has 0 aliphatic rings. The fraction of sp³-hybridized carbons (Fsp3) is 0.125. The van der Waals surface area contributed by atoms with Crippen LogP contribution in [0.25, 0.3) is 16.7 Å². The van der Waals surface area contributed by atoms with Gasteiger partial charge in [-0.15, -0.1) is 0 Å². The third-order valence-electron chi connectivity index (χ3n) is 4.98. The first-order valence-corrected chi connectivity index (χ1v) is 10.1. The number of rotatable bonds is 6. The molecular weight excluding hydrogens is 423 g/mol. The van der Waals surface area contributed by atoms with E-state index in [2.05, 4.69) is 20.7 Å². The van der Waals surface area contributed by atoms with Gasteiger partial charge in [-0.3, -0.25) is 9.59 Å². The van der Waals surface area contributed by atoms with Gasteiger partial charge in [-0.05, 0) is 48.9 Å². The number of carbonyl (C=O) groups excluding carboxylic acids is 2. The lowest BCUT2D eigenvalue weighted by Gasteiger charge is -2.11. The molecule has 4 aromatic rings. The Kier molecular flexibility index (Phi) is 6.09. The highest BCUT2D eigenvalue weighted by molar-refractivity contribution is 5.97. The molecule has 0 saturated carbocycles. The van der Waals surface area contributed by atoms with Crippen LogP contribution >= 0.6 is 0 Å². The molecule has 0 aliphatic heterocycles. The van der Waals surface area contributed by atoms with Crippen molar-refractivity contribution in [2.45, 2.75) is 19.8 Å². The average Bonchev–Trinajstić information content (AvgIpc) is 3.21. The number of hydrogen-bond donors (Lipinski definition) is 2. The minimum Gasteiger partial charge on any atom is -0.326 e. The van der Waals surface area contributed by atoms with E-state index >= 15 is 0 Å². The van der Waals surface area contributed by atoms with Crippen LogP contribution in [0.4, 0.5) is 15.9 Å². The summed E-state index contributed by atoms with van der Waals surface area (Å²) in [7, 11) is 0. The summed E-state index contributed by atoms with van der Waals surface area (Å²) in [5.74, 6) is -0.619. The van der Waals surface area contributed by atoms with Crippen molar-refractivity contribution in [3.8, 4) is 11.9 Å². The number of para-hydroxylation sites is 1. The molecule has 2 heterocycles. The Morgan fingerprint density at radius 1 is 1.06 bits per heavy atom. The molecule has 2 aromatic carbocycles. The van der Waals surface area contributed by atoms with Crippen molar-refractivity contribution in [1.82, 2.24) is 14.8 Å². The molecule has 4 rings (SSSR count). The smallest absolute Gasteiger partial charge is 0.226 e. The van der Waals surface area contributed by atoms with Crippen LogP contribution in [0.5, 0.6) is 0 Å². The lowest BCUT2D eigenvalue weighted by Crippen LogP contribution is -2.19. The van der Waals surface area contributed by atoms with Crippen molar-refractivity contribution in [3.63, 3.8) is 0 Å². The van der Waals surface area contributed by atoms with Gasteiger partial charge in [0, 0.05) is 23.9 Å². The first kappa shape index (κ1) is 21.6. The predicted molar refractivity (Wildman–Crippen MR) is 121 cm³/mol. The second-order valence-corrected chi connectivity index (χ2v) is 7.35. The van der Waals surface area contributed by atoms with E-state index in [-0.39, 0.29) is 24.2 Å². The van der Waals surface area contributed by atoms with E-state index < -0.39 is 17.6 Å². The Hall–Kier alpha value is -4.58. The Labute approximate surface area is 188 Å². The van der Waals surface area contributed by atoms with Crippen LogP contribution in [0.15, 0.2) is 60.8 Å². The van der Waals surface area contributed by atoms with Crippen LogP contribution < -0.4 is 10.6 Å². The number of nitrogens with one attached hydrogen (secondary N) is 2. The largest absolute Gasteiger partial charge is 0.326 e. The van der Waals surface area contributed by atoms with Gasteiger partial charge in [0.15, 0.2) is 11.6 Å². The van der Waals surface area contributed by atoms with Gasteiger partial charge in [-0.25, -0.2) is 9.37 Å². The van der Waals surface area contributed by atoms with Crippen LogP contribution in [-0.4, -0.2) is 26.6 Å². The maximum absolute atomic E-state index is 13.0. The van der Waals surface area contributed by atoms with Crippen molar-refractivity contribution in [3.05, 3.63) is 77.7 Å². The number of amides is 2. The van der Waals surface area contributed by atoms with Gasteiger partial charge in [0.1, 0.15) is 17.4 Å². The van der Waals surface area contributed by atoms with Crippen LogP contribution in [0, 0.1) is 24.1 Å². The van der Waals surface area contributed by atoms with Gasteiger partial charge in [0.05, 0.1) is 11.7 Å². The summed E-state index contributed by atoms with van der Waals surface area (Å²) in [4.78, 5) is 29.2. The average molecular weight is 442 g/mol. The zero-order valence-corrected chi connectivity index (χ0v) is 17.7. The summed E-state index contributed by atoms with van der Waals surface area (Å²) in [5.41, 5.74) is 2.34. The van der Waals surface area contributed by atoms with Gasteiger partial charge < -0.3 is 10.6 Å². The summed E-state index contributed by atoms with van der Waals surface area (Å²) in [6.45, 7) is 1.94. The minimum atomic E-state index is -0.458. The number of benzene rings is 2. The molecular formula is C24H19FN6O2. The maximum atomic E-state index is 13.0. The highest BCUT2D eigenvalue weighted by Crippen LogP contribution is 2.23. The Bertz CT molecular complexity index is 1390. The normalized spacial score (nSPS) is 10.6. The summed E-state index contributed by atoms with van der Waals surface area (Å²) < 4.78 is 14.4. The molecule has 0 saturated heterocycles. The molecule has 0 atom stereocenters. The third-order valence-corrected chi connectivity index (χ3v) is 4.98. The van der Waals surface area contributed by atoms with Crippen LogP contribution in [-0.2, 0) is 9.59 Å². The number of anilines is 2. The molecule has 0 unspecified atom stereocenters. The van der Waals surface area contributed by atoms with Crippen LogP contribution in [0.2, 0.25) is 0 Å². The first-order chi connectivity index (χ1) is 15.9. The van der Waals surface area contributed by atoms with Crippen molar-refractivity contribution >= 4 is 34.2 Å². The SMILES string of the molecule is Cc1cc(-n2ncc(C#N)c2NC(=O)CCC(=O)Nc2ccc(F)cc2)nc2ccccc12. The Balaban J connectivity index is 1.49. The van der Waals surface area contributed by atoms with E-state index in [4.69, 9.17) is 0 Å². The quantitative estimate of drug-likeness (QED) is 0.467. The zero-order valence-electron chi connectivity index (χ0n) is 17.7. The van der Waals surface area contributed by atoms with E-state index in [1.54, 1.807) is 0 Å². The summed E-state index contributed by atoms with van der Waals surface area (Å²) >= 11 is 0. The lowest BCUT2D eigenvalue weighted by atomic mass is 10.1. The topological polar surface area (TPSA) is 113 Å². The standard InChI is InChI=1S/C24H19FN6O2/c1-15-12-21(29-20-5-3-2-4-19(15)20)31-24(16(13-26)14-27-31)30-23(33)11-10-22(32)28-18-8-6-17(25)7-9-18/h2-9,12,14H,10-11H2,1H3,(H,28,32)(H,30,33). The van der Waals surface area contributed by atoms with E-state index in [1.165, 1.54) is 35.1 Å². The van der Waals surface area contributed by atoms with Crippen LogP contribution in [0.1, 0.15) is 24.0 Å². The molecule has 2 aromatic heterocycles. The van der Waals surface area contributed by atoms with Gasteiger partial charge in [0.2, 0.25) is 11.8 Å². The number of nitriles is 1. The third kappa shape index (κ3) is 4.85. The molecule has 0 radical (unpaired) electrons. The molecule has 0 fully saturated rings. The summed E-state index contributed by atoms with van der Waals surface area (Å²) in [6, 6.07) is 16.8. The number of nitrogens with zero attached hydrogens (tertiary/aromatic N) is 4. The molecule has 0 aliphatic carbocycles. The van der Waals surface area contributed by atoms with Gasteiger partial charge in [-0.2, -0.15) is 15.0 Å². The molecule has 33 heavy (non-hydrogen) atoms. The summed E-state index contributed by atoms with van der Waals surface area (Å²) in [6.07, 6.45) is 1.14. The molecule has 2 amide bonds. The van der Waals surface area contributed by atoms with E-state index in [1.807, 2.05) is 43.3 Å². The first-order valence-electron chi connectivity index (χ1n) is 10.1.